The van der Waals surface area contributed by atoms with Crippen LogP contribution in [0.5, 0.6) is 0 Å². The lowest BCUT2D eigenvalue weighted by molar-refractivity contribution is -0.152. The zero-order valence-corrected chi connectivity index (χ0v) is 47.7. The van der Waals surface area contributed by atoms with E-state index in [9.17, 15) is 29.7 Å². The molecule has 2 aliphatic rings. The molecule has 6 N–H and O–H groups in total. The van der Waals surface area contributed by atoms with E-state index < -0.39 is 30.9 Å². The van der Waals surface area contributed by atoms with Gasteiger partial charge in [0.15, 0.2) is 5.84 Å². The summed E-state index contributed by atoms with van der Waals surface area (Å²) in [5.74, 6) is -0.312. The number of aliphatic hydroxyl groups is 3. The zero-order chi connectivity index (χ0) is 54.6. The van der Waals surface area contributed by atoms with Crippen molar-refractivity contribution in [1.82, 2.24) is 25.8 Å². The Hall–Kier alpha value is -4.15. The summed E-state index contributed by atoms with van der Waals surface area (Å²) in [6, 6.07) is 3.84. The summed E-state index contributed by atoms with van der Waals surface area (Å²) in [6.07, 6.45) is 27.4. The average Bonchev–Trinajstić information content (AvgIpc) is 3.38. The molecular formula is C60H104N8O7. The van der Waals surface area contributed by atoms with Gasteiger partial charge in [-0.15, -0.1) is 0 Å². The van der Waals surface area contributed by atoms with E-state index in [4.69, 9.17) is 9.73 Å². The van der Waals surface area contributed by atoms with Gasteiger partial charge < -0.3 is 50.7 Å². The second kappa shape index (κ2) is 39.2. The van der Waals surface area contributed by atoms with E-state index in [0.29, 0.717) is 60.4 Å². The van der Waals surface area contributed by atoms with Gasteiger partial charge in [0.2, 0.25) is 11.8 Å². The number of anilines is 1. The van der Waals surface area contributed by atoms with Crippen LogP contribution in [0, 0.1) is 13.8 Å². The number of aliphatic imine (C=N–C) groups is 2. The monoisotopic (exact) mass is 1050 g/mol. The molecular weight excluding hydrogens is 945 g/mol. The highest BCUT2D eigenvalue weighted by Gasteiger charge is 2.35. The molecule has 0 bridgehead atoms. The molecule has 426 valence electrons. The maximum atomic E-state index is 12.6. The molecule has 2 heterocycles. The number of β-amino-alcohol motifs (C(OH)–C–C–N with tert-alkyl or cyclic N) is 1. The van der Waals surface area contributed by atoms with Crippen LogP contribution in [0.4, 0.5) is 11.4 Å². The largest absolute Gasteiger partial charge is 0.463 e. The number of aliphatic hydroxyl groups excluding tert-OH is 3. The molecule has 0 saturated heterocycles. The van der Waals surface area contributed by atoms with Gasteiger partial charge in [0.05, 0.1) is 30.0 Å². The maximum Gasteiger partial charge on any atom is 0.306 e. The number of rotatable bonds is 45. The van der Waals surface area contributed by atoms with Gasteiger partial charge >= 0.3 is 5.97 Å². The highest BCUT2D eigenvalue weighted by molar-refractivity contribution is 6.53. The predicted octanol–water partition coefficient (Wildman–Crippen LogP) is 10.2. The molecule has 3 rings (SSSR count). The van der Waals surface area contributed by atoms with Gasteiger partial charge in [0.1, 0.15) is 36.5 Å². The van der Waals surface area contributed by atoms with Gasteiger partial charge in [-0.3, -0.25) is 14.4 Å². The second-order valence-electron chi connectivity index (χ2n) is 21.5. The average molecular weight is 1050 g/mol. The maximum absolute atomic E-state index is 12.6. The molecule has 15 nitrogen and oxygen atoms in total. The Morgan fingerprint density at radius 3 is 1.71 bits per heavy atom. The minimum Gasteiger partial charge on any atom is -0.463 e. The van der Waals surface area contributed by atoms with Crippen LogP contribution in [0.1, 0.15) is 205 Å². The van der Waals surface area contributed by atoms with Crippen molar-refractivity contribution in [2.24, 2.45) is 9.98 Å². The van der Waals surface area contributed by atoms with Crippen molar-refractivity contribution in [3.63, 3.8) is 0 Å². The minimum atomic E-state index is -1.68. The number of fused-ring (bicyclic) bond motifs is 2. The van der Waals surface area contributed by atoms with E-state index in [1.54, 1.807) is 4.90 Å². The summed E-state index contributed by atoms with van der Waals surface area (Å²) < 4.78 is 5.16. The molecule has 3 unspecified atom stereocenters. The highest BCUT2D eigenvalue weighted by Crippen LogP contribution is 2.38. The lowest BCUT2D eigenvalue weighted by Crippen LogP contribution is -2.52. The summed E-state index contributed by atoms with van der Waals surface area (Å²) in [7, 11) is 2.29. The normalized spacial score (nSPS) is 14.5. The lowest BCUT2D eigenvalue weighted by atomic mass is 10.0. The number of amidine groups is 1. The number of unbranched alkanes of at least 4 members (excludes halogenated alkanes) is 20. The molecule has 1 aromatic carbocycles. The number of ether oxygens (including phenoxy) is 1. The number of nitrogens with zero attached hydrogens (tertiary/aromatic N) is 5. The lowest BCUT2D eigenvalue weighted by Gasteiger charge is -2.37. The van der Waals surface area contributed by atoms with Gasteiger partial charge in [-0.2, -0.15) is 0 Å². The Balaban J connectivity index is 1.26. The molecule has 0 saturated carbocycles. The van der Waals surface area contributed by atoms with Crippen LogP contribution in [0.3, 0.4) is 0 Å². The van der Waals surface area contributed by atoms with Crippen molar-refractivity contribution in [3.8, 4) is 0 Å². The molecule has 0 aliphatic carbocycles. The van der Waals surface area contributed by atoms with E-state index in [0.717, 1.165) is 50.0 Å². The summed E-state index contributed by atoms with van der Waals surface area (Å²) in [5.41, 5.74) is 4.26. The highest BCUT2D eigenvalue weighted by atomic mass is 16.5. The molecule has 2 aliphatic heterocycles. The SMILES string of the molecule is C=C1N=C2C(=Nc3cc(C)c(C)cc3N2CC(O)C(O)C(O)COC(=O)CCC(=O)NCCCNC(=O)CCCCCN(CCCCCCCCCCCC)CCCN(C)CCCCCCCCCCCC)C(=C)N1. The Morgan fingerprint density at radius 2 is 1.12 bits per heavy atom. The van der Waals surface area contributed by atoms with Crippen molar-refractivity contribution in [1.29, 1.82) is 0 Å². The topological polar surface area (TPSA) is 192 Å². The third-order valence-corrected chi connectivity index (χ3v) is 14.6. The predicted molar refractivity (Wildman–Crippen MR) is 309 cm³/mol. The summed E-state index contributed by atoms with van der Waals surface area (Å²) in [4.78, 5) is 53.7. The Kier molecular flexibility index (Phi) is 34.1. The molecule has 75 heavy (non-hydrogen) atoms. The number of benzene rings is 1. The molecule has 2 amide bonds. The van der Waals surface area contributed by atoms with Crippen LogP contribution in [-0.2, 0) is 19.1 Å². The molecule has 0 radical (unpaired) electrons. The zero-order valence-electron chi connectivity index (χ0n) is 47.7. The summed E-state index contributed by atoms with van der Waals surface area (Å²) in [5, 5.41) is 41.4. The molecule has 0 aromatic heterocycles. The van der Waals surface area contributed by atoms with E-state index in [1.165, 1.54) is 148 Å². The van der Waals surface area contributed by atoms with Gasteiger partial charge in [0, 0.05) is 25.9 Å². The van der Waals surface area contributed by atoms with Gasteiger partial charge in [-0.05, 0) is 115 Å². The van der Waals surface area contributed by atoms with Crippen LogP contribution in [-0.4, -0.2) is 139 Å². The van der Waals surface area contributed by atoms with Crippen molar-refractivity contribution < 1.29 is 34.4 Å². The van der Waals surface area contributed by atoms with Crippen molar-refractivity contribution in [2.45, 2.75) is 226 Å². The Labute approximate surface area is 453 Å². The number of esters is 1. The molecule has 3 atom stereocenters. The first kappa shape index (κ1) is 65.1. The molecule has 0 spiro atoms. The van der Waals surface area contributed by atoms with E-state index in [1.807, 2.05) is 26.0 Å². The smallest absolute Gasteiger partial charge is 0.306 e. The van der Waals surface area contributed by atoms with Crippen LogP contribution in [0.2, 0.25) is 0 Å². The van der Waals surface area contributed by atoms with Crippen molar-refractivity contribution in [3.05, 3.63) is 47.9 Å². The fraction of sp³-hybridized carbons (Fsp3) is 0.750. The minimum absolute atomic E-state index is 0.0240. The molecule has 15 heteroatoms. The first-order valence-corrected chi connectivity index (χ1v) is 29.6. The number of hydrogen-bond acceptors (Lipinski definition) is 13. The number of carbonyl (C=O) groups is 3. The van der Waals surface area contributed by atoms with E-state index in [2.05, 4.69) is 64.8 Å². The molecule has 0 fully saturated rings. The first-order valence-electron chi connectivity index (χ1n) is 29.6. The Bertz CT molecular complexity index is 1890. The van der Waals surface area contributed by atoms with E-state index in [-0.39, 0.29) is 31.2 Å². The third kappa shape index (κ3) is 27.6. The van der Waals surface area contributed by atoms with Crippen LogP contribution in [0.15, 0.2) is 46.8 Å². The number of amides is 2. The van der Waals surface area contributed by atoms with Gasteiger partial charge in [-0.1, -0.05) is 149 Å². The van der Waals surface area contributed by atoms with Crippen molar-refractivity contribution >= 4 is 40.7 Å². The fourth-order valence-corrected chi connectivity index (χ4v) is 9.73. The van der Waals surface area contributed by atoms with Gasteiger partial charge in [0.25, 0.3) is 0 Å². The van der Waals surface area contributed by atoms with Crippen LogP contribution in [0.25, 0.3) is 0 Å². The number of carbonyl (C=O) groups excluding carboxylic acids is 3. The third-order valence-electron chi connectivity index (χ3n) is 14.6. The number of nitrogens with one attached hydrogen (secondary N) is 3. The van der Waals surface area contributed by atoms with Crippen LogP contribution < -0.4 is 20.9 Å². The Morgan fingerprint density at radius 1 is 0.627 bits per heavy atom. The second-order valence-corrected chi connectivity index (χ2v) is 21.5. The van der Waals surface area contributed by atoms with Crippen LogP contribution >= 0.6 is 0 Å². The van der Waals surface area contributed by atoms with Gasteiger partial charge in [-0.25, -0.2) is 9.98 Å². The quantitative estimate of drug-likeness (QED) is 0.0269. The van der Waals surface area contributed by atoms with Crippen molar-refractivity contribution in [2.75, 3.05) is 70.9 Å². The molecule has 1 aromatic rings. The first-order chi connectivity index (χ1) is 36.2. The number of aryl methyl sites for hydroxylation is 2. The summed E-state index contributed by atoms with van der Waals surface area (Å²) >= 11 is 0. The number of hydrogen-bond donors (Lipinski definition) is 6. The fourth-order valence-electron chi connectivity index (χ4n) is 9.73. The van der Waals surface area contributed by atoms with E-state index >= 15 is 0 Å². The summed E-state index contributed by atoms with van der Waals surface area (Å²) in [6.45, 7) is 22.2. The standard InChI is InChI=1S/C60H104N8O7/c1-8-10-12-14-16-18-20-22-24-28-38-66(7)39-32-42-67(40-29-25-23-21-19-17-15-13-11-9-2)41-30-26-27-33-55(71)61-36-31-37-62-56(72)34-35-57(73)75-46-54(70)59(74)53(69)45-68-52-44-48(4)47(3)43-51(52)65-58-49(5)63-50(6)64-60(58)68/h43-44,53-54,59,63,69-70,74H,5-6,8-42,45-46H2,1-4,7H3,(H,61,71)(H,62,72).